The van der Waals surface area contributed by atoms with Crippen LogP contribution in [0.25, 0.3) is 11.3 Å². The van der Waals surface area contributed by atoms with Crippen LogP contribution in [0.4, 0.5) is 0 Å². The van der Waals surface area contributed by atoms with Crippen molar-refractivity contribution in [3.05, 3.63) is 47.2 Å². The number of ether oxygens (including phenoxy) is 2. The first-order valence-electron chi connectivity index (χ1n) is 8.76. The van der Waals surface area contributed by atoms with E-state index in [2.05, 4.69) is 5.32 Å². The molecule has 0 saturated heterocycles. The molecule has 2 rings (SSSR count). The van der Waals surface area contributed by atoms with E-state index in [-0.39, 0.29) is 11.7 Å². The van der Waals surface area contributed by atoms with Crippen LogP contribution in [0.15, 0.2) is 40.8 Å². The largest absolute Gasteiger partial charge is 0.467 e. The van der Waals surface area contributed by atoms with Crippen LogP contribution in [0, 0.1) is 5.92 Å². The van der Waals surface area contributed by atoms with Gasteiger partial charge >= 0.3 is 11.9 Å². The van der Waals surface area contributed by atoms with E-state index in [0.29, 0.717) is 22.8 Å². The lowest BCUT2D eigenvalue weighted by molar-refractivity contribution is -0.147. The van der Waals surface area contributed by atoms with E-state index in [1.165, 1.54) is 13.2 Å². The first-order valence-corrected chi connectivity index (χ1v) is 9.14. The van der Waals surface area contributed by atoms with Crippen LogP contribution in [-0.4, -0.2) is 37.6 Å². The summed E-state index contributed by atoms with van der Waals surface area (Å²) in [7, 11) is 1.25. The van der Waals surface area contributed by atoms with Crippen LogP contribution >= 0.6 is 11.6 Å². The van der Waals surface area contributed by atoms with Crippen molar-refractivity contribution in [2.45, 2.75) is 26.3 Å². The molecule has 28 heavy (non-hydrogen) atoms. The molecule has 8 heteroatoms. The Kier molecular flexibility index (Phi) is 7.63. The number of benzene rings is 1. The third-order valence-electron chi connectivity index (χ3n) is 4.27. The summed E-state index contributed by atoms with van der Waals surface area (Å²) in [4.78, 5) is 36.0. The Balaban J connectivity index is 1.96. The highest BCUT2D eigenvalue weighted by atomic mass is 35.5. The zero-order valence-corrected chi connectivity index (χ0v) is 16.6. The smallest absolute Gasteiger partial charge is 0.374 e. The fourth-order valence-electron chi connectivity index (χ4n) is 2.47. The SMILES string of the molecule is CC[C@@H](C)[C@@H](NC(=O)COC(=O)c1ccc(-c2ccccc2Cl)o1)C(=O)OC. The molecule has 0 radical (unpaired) electrons. The van der Waals surface area contributed by atoms with Gasteiger partial charge in [-0.1, -0.05) is 44.0 Å². The molecule has 1 aromatic heterocycles. The second-order valence-electron chi connectivity index (χ2n) is 6.17. The van der Waals surface area contributed by atoms with Gasteiger partial charge in [0.2, 0.25) is 5.76 Å². The number of nitrogens with one attached hydrogen (secondary N) is 1. The molecule has 0 unspecified atom stereocenters. The molecule has 2 atom stereocenters. The molecule has 0 aliphatic rings. The van der Waals surface area contributed by atoms with Gasteiger partial charge in [-0.15, -0.1) is 0 Å². The molecule has 1 N–H and O–H groups in total. The molecule has 1 heterocycles. The molecule has 0 fully saturated rings. The Morgan fingerprint density at radius 3 is 2.54 bits per heavy atom. The van der Waals surface area contributed by atoms with Gasteiger partial charge in [-0.25, -0.2) is 9.59 Å². The summed E-state index contributed by atoms with van der Waals surface area (Å²) in [6.07, 6.45) is 0.664. The Morgan fingerprint density at radius 1 is 1.18 bits per heavy atom. The highest BCUT2D eigenvalue weighted by Gasteiger charge is 2.27. The first kappa shape index (κ1) is 21.5. The average Bonchev–Trinajstić information content (AvgIpc) is 3.19. The van der Waals surface area contributed by atoms with E-state index < -0.39 is 30.5 Å². The van der Waals surface area contributed by atoms with E-state index in [9.17, 15) is 14.4 Å². The van der Waals surface area contributed by atoms with Gasteiger partial charge in [-0.05, 0) is 30.2 Å². The topological polar surface area (TPSA) is 94.8 Å². The third-order valence-corrected chi connectivity index (χ3v) is 4.60. The van der Waals surface area contributed by atoms with Crippen molar-refractivity contribution in [3.63, 3.8) is 0 Å². The number of hydrogen-bond acceptors (Lipinski definition) is 6. The quantitative estimate of drug-likeness (QED) is 0.673. The summed E-state index contributed by atoms with van der Waals surface area (Å²) >= 11 is 6.11. The van der Waals surface area contributed by atoms with E-state index in [4.69, 9.17) is 25.5 Å². The lowest BCUT2D eigenvalue weighted by atomic mass is 9.99. The van der Waals surface area contributed by atoms with Gasteiger partial charge in [-0.2, -0.15) is 0 Å². The Morgan fingerprint density at radius 2 is 1.89 bits per heavy atom. The van der Waals surface area contributed by atoms with Crippen molar-refractivity contribution in [3.8, 4) is 11.3 Å². The van der Waals surface area contributed by atoms with Crippen LogP contribution in [0.1, 0.15) is 30.8 Å². The van der Waals surface area contributed by atoms with Crippen molar-refractivity contribution >= 4 is 29.4 Å². The predicted molar refractivity (Wildman–Crippen MR) is 103 cm³/mol. The molecule has 2 aromatic rings. The number of furan rings is 1. The van der Waals surface area contributed by atoms with E-state index in [1.54, 1.807) is 30.3 Å². The molecule has 0 aliphatic heterocycles. The van der Waals surface area contributed by atoms with Crippen molar-refractivity contribution in [1.29, 1.82) is 0 Å². The fraction of sp³-hybridized carbons (Fsp3) is 0.350. The van der Waals surface area contributed by atoms with Gasteiger partial charge in [0.1, 0.15) is 11.8 Å². The normalized spacial score (nSPS) is 12.7. The molecule has 0 aliphatic carbocycles. The summed E-state index contributed by atoms with van der Waals surface area (Å²) < 4.78 is 15.1. The highest BCUT2D eigenvalue weighted by Crippen LogP contribution is 2.29. The summed E-state index contributed by atoms with van der Waals surface area (Å²) in [5.74, 6) is -1.74. The van der Waals surface area contributed by atoms with Crippen molar-refractivity contribution in [1.82, 2.24) is 5.32 Å². The zero-order chi connectivity index (χ0) is 20.7. The highest BCUT2D eigenvalue weighted by molar-refractivity contribution is 6.33. The number of esters is 2. The van der Waals surface area contributed by atoms with Gasteiger partial charge in [0, 0.05) is 5.56 Å². The Bertz CT molecular complexity index is 847. The molecule has 7 nitrogen and oxygen atoms in total. The van der Waals surface area contributed by atoms with Crippen LogP contribution in [0.3, 0.4) is 0 Å². The minimum atomic E-state index is -0.809. The summed E-state index contributed by atoms with van der Waals surface area (Å²) in [6, 6.07) is 9.26. The van der Waals surface area contributed by atoms with Gasteiger partial charge < -0.3 is 19.2 Å². The molecule has 0 bridgehead atoms. The molecule has 150 valence electrons. The standard InChI is InChI=1S/C20H22ClNO6/c1-4-12(2)18(20(25)26-3)22-17(23)11-27-19(24)16-10-9-15(28-16)13-7-5-6-8-14(13)21/h5-10,12,18H,4,11H2,1-3H3,(H,22,23)/t12-,18-/m1/s1. The molecular weight excluding hydrogens is 386 g/mol. The number of hydrogen-bond donors (Lipinski definition) is 1. The maximum atomic E-state index is 12.1. The van der Waals surface area contributed by atoms with Crippen molar-refractivity contribution in [2.75, 3.05) is 13.7 Å². The second-order valence-corrected chi connectivity index (χ2v) is 6.58. The fourth-order valence-corrected chi connectivity index (χ4v) is 2.70. The van der Waals surface area contributed by atoms with Crippen LogP contribution in [0.2, 0.25) is 5.02 Å². The minimum absolute atomic E-state index is 0.0610. The lowest BCUT2D eigenvalue weighted by Crippen LogP contribution is -2.47. The second kappa shape index (κ2) is 9.94. The first-order chi connectivity index (χ1) is 13.4. The maximum Gasteiger partial charge on any atom is 0.374 e. The van der Waals surface area contributed by atoms with E-state index in [1.807, 2.05) is 13.8 Å². The summed E-state index contributed by atoms with van der Waals surface area (Å²) in [5, 5.41) is 3.01. The van der Waals surface area contributed by atoms with Gasteiger partial charge in [0.15, 0.2) is 6.61 Å². The van der Waals surface area contributed by atoms with Gasteiger partial charge in [0.05, 0.1) is 12.1 Å². The van der Waals surface area contributed by atoms with Crippen LogP contribution in [0.5, 0.6) is 0 Å². The molecule has 1 amide bonds. The lowest BCUT2D eigenvalue weighted by Gasteiger charge is -2.21. The number of amides is 1. The van der Waals surface area contributed by atoms with Crippen LogP contribution in [-0.2, 0) is 19.1 Å². The number of carbonyl (C=O) groups excluding carboxylic acids is 3. The average molecular weight is 408 g/mol. The van der Waals surface area contributed by atoms with Gasteiger partial charge in [0.25, 0.3) is 5.91 Å². The predicted octanol–water partition coefficient (Wildman–Crippen LogP) is 3.46. The van der Waals surface area contributed by atoms with E-state index in [0.717, 1.165) is 0 Å². The van der Waals surface area contributed by atoms with Crippen molar-refractivity contribution in [2.24, 2.45) is 5.92 Å². The molecule has 1 aromatic carbocycles. The summed E-state index contributed by atoms with van der Waals surface area (Å²) in [5.41, 5.74) is 0.635. The molecular formula is C20H22ClNO6. The number of rotatable bonds is 8. The Labute approximate surface area is 167 Å². The van der Waals surface area contributed by atoms with Gasteiger partial charge in [-0.3, -0.25) is 4.79 Å². The van der Waals surface area contributed by atoms with E-state index >= 15 is 0 Å². The minimum Gasteiger partial charge on any atom is -0.467 e. The number of methoxy groups -OCH3 is 1. The molecule has 0 saturated carbocycles. The Hall–Kier alpha value is -2.80. The number of halogens is 1. The monoisotopic (exact) mass is 407 g/mol. The van der Waals surface area contributed by atoms with Crippen molar-refractivity contribution < 1.29 is 28.3 Å². The van der Waals surface area contributed by atoms with Crippen LogP contribution < -0.4 is 5.32 Å². The molecule has 0 spiro atoms. The zero-order valence-electron chi connectivity index (χ0n) is 15.9. The third kappa shape index (κ3) is 5.36. The maximum absolute atomic E-state index is 12.1. The number of carbonyl (C=O) groups is 3. The summed E-state index contributed by atoms with van der Waals surface area (Å²) in [6.45, 7) is 3.15.